The van der Waals surface area contributed by atoms with Gasteiger partial charge in [-0.05, 0) is 49.7 Å². The van der Waals surface area contributed by atoms with E-state index in [1.54, 1.807) is 12.5 Å². The summed E-state index contributed by atoms with van der Waals surface area (Å²) in [5, 5.41) is 11.9. The molecule has 4 rings (SSSR count). The number of aliphatic hydroxyl groups is 1. The van der Waals surface area contributed by atoms with Crippen molar-refractivity contribution in [2.24, 2.45) is 22.7 Å². The molecule has 24 heavy (non-hydrogen) atoms. The Kier molecular flexibility index (Phi) is 3.48. The van der Waals surface area contributed by atoms with E-state index in [0.717, 1.165) is 44.3 Å². The van der Waals surface area contributed by atoms with Crippen LogP contribution in [0.5, 0.6) is 0 Å². The lowest BCUT2D eigenvalue weighted by Gasteiger charge is -2.61. The molecule has 0 bridgehead atoms. The molecule has 3 nitrogen and oxygen atoms in total. The van der Waals surface area contributed by atoms with Gasteiger partial charge in [-0.15, -0.1) is 0 Å². The van der Waals surface area contributed by atoms with Crippen molar-refractivity contribution in [1.82, 2.24) is 0 Å². The van der Waals surface area contributed by atoms with Crippen molar-refractivity contribution in [2.75, 3.05) is 0 Å². The Labute approximate surface area is 145 Å². The third-order valence-electron chi connectivity index (χ3n) is 7.83. The Morgan fingerprint density at radius 1 is 1.33 bits per heavy atom. The number of hydrogen-bond donors (Lipinski definition) is 1. The maximum absolute atomic E-state index is 11.9. The number of furan rings is 1. The first kappa shape index (κ1) is 16.3. The summed E-state index contributed by atoms with van der Waals surface area (Å²) >= 11 is 0. The lowest BCUT2D eigenvalue weighted by Crippen LogP contribution is -2.64. The van der Waals surface area contributed by atoms with Gasteiger partial charge in [0.2, 0.25) is 0 Å². The normalized spacial score (nSPS) is 47.3. The number of ether oxygens (including phenoxy) is 1. The minimum atomic E-state index is -0.666. The topological polar surface area (TPSA) is 42.6 Å². The van der Waals surface area contributed by atoms with Crippen LogP contribution in [0.25, 0.3) is 0 Å². The highest BCUT2D eigenvalue weighted by Crippen LogP contribution is 2.69. The molecule has 0 radical (unpaired) electrons. The predicted octanol–water partition coefficient (Wildman–Crippen LogP) is 4.71. The van der Waals surface area contributed by atoms with Gasteiger partial charge in [0.15, 0.2) is 0 Å². The largest absolute Gasteiger partial charge is 0.494 e. The van der Waals surface area contributed by atoms with E-state index < -0.39 is 5.60 Å². The van der Waals surface area contributed by atoms with Gasteiger partial charge >= 0.3 is 0 Å². The van der Waals surface area contributed by atoms with Crippen LogP contribution in [0.3, 0.4) is 0 Å². The van der Waals surface area contributed by atoms with E-state index in [1.807, 2.05) is 6.07 Å². The molecule has 0 amide bonds. The zero-order valence-electron chi connectivity index (χ0n) is 15.2. The molecule has 2 aliphatic carbocycles. The fourth-order valence-electron chi connectivity index (χ4n) is 6.43. The van der Waals surface area contributed by atoms with Gasteiger partial charge in [-0.1, -0.05) is 33.8 Å². The van der Waals surface area contributed by atoms with Crippen molar-refractivity contribution < 1.29 is 14.3 Å². The van der Waals surface area contributed by atoms with E-state index in [4.69, 9.17) is 9.15 Å². The second kappa shape index (κ2) is 5.14. The standard InChI is InChI=1S/C21H30O3/c1-14-12-17-18-19(3,15(2)24-17)8-5-9-20(18,4)21(14,22)10-6-16-7-11-23-13-16/h7,11,13-14,17-18,22H,2,5-6,8-10,12H2,1,3-4H3/t14-,17-,18?,19-,20-,21-/m1/s1. The lowest BCUT2D eigenvalue weighted by molar-refractivity contribution is -0.217. The molecule has 1 saturated heterocycles. The van der Waals surface area contributed by atoms with E-state index in [2.05, 4.69) is 27.4 Å². The van der Waals surface area contributed by atoms with Crippen molar-refractivity contribution in [3.63, 3.8) is 0 Å². The minimum absolute atomic E-state index is 0.0153. The summed E-state index contributed by atoms with van der Waals surface area (Å²) in [4.78, 5) is 0. The first-order valence-corrected chi connectivity index (χ1v) is 9.41. The van der Waals surface area contributed by atoms with Gasteiger partial charge in [-0.25, -0.2) is 0 Å². The van der Waals surface area contributed by atoms with E-state index in [1.165, 1.54) is 5.56 Å². The van der Waals surface area contributed by atoms with Crippen molar-refractivity contribution >= 4 is 0 Å². The van der Waals surface area contributed by atoms with Crippen molar-refractivity contribution in [1.29, 1.82) is 0 Å². The molecular formula is C21H30O3. The second-order valence-electron chi connectivity index (χ2n) is 8.94. The highest BCUT2D eigenvalue weighted by molar-refractivity contribution is 5.24. The van der Waals surface area contributed by atoms with Crippen LogP contribution in [0.4, 0.5) is 0 Å². The molecule has 2 heterocycles. The van der Waals surface area contributed by atoms with Gasteiger partial charge in [0, 0.05) is 16.7 Å². The predicted molar refractivity (Wildman–Crippen MR) is 93.3 cm³/mol. The second-order valence-corrected chi connectivity index (χ2v) is 8.94. The number of hydrogen-bond acceptors (Lipinski definition) is 3. The van der Waals surface area contributed by atoms with Crippen LogP contribution in [0.1, 0.15) is 58.4 Å². The van der Waals surface area contributed by atoms with Crippen LogP contribution in [0.15, 0.2) is 35.3 Å². The fourth-order valence-corrected chi connectivity index (χ4v) is 6.43. The van der Waals surface area contributed by atoms with Crippen LogP contribution in [0, 0.1) is 22.7 Å². The Bertz CT molecular complexity index is 636. The van der Waals surface area contributed by atoms with Gasteiger partial charge in [0.1, 0.15) is 6.10 Å². The summed E-state index contributed by atoms with van der Waals surface area (Å²) in [5.74, 6) is 1.55. The molecule has 1 aromatic heterocycles. The molecule has 3 heteroatoms. The summed E-state index contributed by atoms with van der Waals surface area (Å²) in [6, 6.07) is 2.01. The third-order valence-corrected chi connectivity index (χ3v) is 7.83. The van der Waals surface area contributed by atoms with E-state index in [9.17, 15) is 5.11 Å². The molecule has 2 saturated carbocycles. The Hall–Kier alpha value is -1.22. The van der Waals surface area contributed by atoms with E-state index in [-0.39, 0.29) is 22.9 Å². The monoisotopic (exact) mass is 330 g/mol. The van der Waals surface area contributed by atoms with Gasteiger partial charge in [0.25, 0.3) is 0 Å². The molecule has 132 valence electrons. The molecule has 1 unspecified atom stereocenters. The quantitative estimate of drug-likeness (QED) is 0.873. The third kappa shape index (κ3) is 1.94. The van der Waals surface area contributed by atoms with Crippen LogP contribution < -0.4 is 0 Å². The van der Waals surface area contributed by atoms with Crippen molar-refractivity contribution in [3.05, 3.63) is 36.5 Å². The van der Waals surface area contributed by atoms with E-state index in [0.29, 0.717) is 5.92 Å². The fraction of sp³-hybridized carbons (Fsp3) is 0.714. The minimum Gasteiger partial charge on any atom is -0.494 e. The summed E-state index contributed by atoms with van der Waals surface area (Å²) < 4.78 is 11.4. The number of rotatable bonds is 3. The summed E-state index contributed by atoms with van der Waals surface area (Å²) in [6.45, 7) is 11.1. The average Bonchev–Trinajstić information content (AvgIpc) is 3.12. The van der Waals surface area contributed by atoms with E-state index >= 15 is 0 Å². The Morgan fingerprint density at radius 2 is 2.12 bits per heavy atom. The van der Waals surface area contributed by atoms with Gasteiger partial charge in [-0.3, -0.25) is 0 Å². The van der Waals surface area contributed by atoms with Crippen molar-refractivity contribution in [3.8, 4) is 0 Å². The zero-order chi connectivity index (χ0) is 17.2. The molecule has 0 spiro atoms. The summed E-state index contributed by atoms with van der Waals surface area (Å²) in [5.41, 5.74) is 0.403. The SMILES string of the molecule is C=C1O[C@@H]2C[C@@H](C)[C@](O)(CCc3ccoc3)[C@]3(C)CCC[C@@]1(C)C23. The molecule has 3 aliphatic rings. The number of aryl methyl sites for hydroxylation is 1. The average molecular weight is 330 g/mol. The van der Waals surface area contributed by atoms with Crippen LogP contribution in [-0.4, -0.2) is 16.8 Å². The smallest absolute Gasteiger partial charge is 0.103 e. The molecular weight excluding hydrogens is 300 g/mol. The molecule has 1 aromatic rings. The molecule has 1 N–H and O–H groups in total. The van der Waals surface area contributed by atoms with Gasteiger partial charge in [-0.2, -0.15) is 0 Å². The Morgan fingerprint density at radius 3 is 2.83 bits per heavy atom. The maximum Gasteiger partial charge on any atom is 0.103 e. The molecule has 3 fully saturated rings. The van der Waals surface area contributed by atoms with Crippen LogP contribution in [-0.2, 0) is 11.2 Å². The molecule has 0 aromatic carbocycles. The molecule has 1 aliphatic heterocycles. The lowest BCUT2D eigenvalue weighted by atomic mass is 9.43. The number of allylic oxidation sites excluding steroid dienone is 1. The first-order chi connectivity index (χ1) is 11.3. The first-order valence-electron chi connectivity index (χ1n) is 9.41. The zero-order valence-corrected chi connectivity index (χ0v) is 15.2. The highest BCUT2D eigenvalue weighted by Gasteiger charge is 2.69. The molecule has 6 atom stereocenters. The van der Waals surface area contributed by atoms with Gasteiger partial charge in [0.05, 0.1) is 23.9 Å². The van der Waals surface area contributed by atoms with Crippen LogP contribution in [0.2, 0.25) is 0 Å². The maximum atomic E-state index is 11.9. The summed E-state index contributed by atoms with van der Waals surface area (Å²) in [6.07, 6.45) is 9.66. The Balaban J connectivity index is 1.70. The van der Waals surface area contributed by atoms with Gasteiger partial charge < -0.3 is 14.3 Å². The van der Waals surface area contributed by atoms with Crippen molar-refractivity contribution in [2.45, 2.75) is 71.0 Å². The van der Waals surface area contributed by atoms with Crippen LogP contribution >= 0.6 is 0 Å². The summed E-state index contributed by atoms with van der Waals surface area (Å²) in [7, 11) is 0. The highest BCUT2D eigenvalue weighted by atomic mass is 16.5.